The highest BCUT2D eigenvalue weighted by Crippen LogP contribution is 2.40. The number of nitrogens with one attached hydrogen (secondary N) is 2. The number of nitro groups is 1. The maximum Gasteiger partial charge on any atom is 0.433 e. The molecule has 3 N–H and O–H groups in total. The number of carbonyl (C=O) groups is 3. The van der Waals surface area contributed by atoms with Crippen LogP contribution in [0.1, 0.15) is 19.6 Å². The molecule has 254 valence electrons. The van der Waals surface area contributed by atoms with Crippen LogP contribution in [0, 0.1) is 10.1 Å². The van der Waals surface area contributed by atoms with Crippen molar-refractivity contribution in [2.24, 2.45) is 5.10 Å². The van der Waals surface area contributed by atoms with E-state index < -0.39 is 41.1 Å². The van der Waals surface area contributed by atoms with Gasteiger partial charge in [-0.25, -0.2) is 15.0 Å². The Balaban J connectivity index is 1.23. The molecule has 0 radical (unpaired) electrons. The third-order valence-electron chi connectivity index (χ3n) is 8.44. The Morgan fingerprint density at radius 3 is 2.36 bits per heavy atom. The number of hydrogen-bond acceptors (Lipinski definition) is 8. The van der Waals surface area contributed by atoms with Crippen LogP contribution in [0.5, 0.6) is 0 Å². The molecule has 14 nitrogen and oxygen atoms in total. The summed E-state index contributed by atoms with van der Waals surface area (Å²) in [6, 6.07) is 27.0. The number of fused-ring (bicyclic) bond motifs is 2. The summed E-state index contributed by atoms with van der Waals surface area (Å²) < 4.78 is 5.09. The zero-order chi connectivity index (χ0) is 35.4. The van der Waals surface area contributed by atoms with Gasteiger partial charge in [-0.1, -0.05) is 78.9 Å². The van der Waals surface area contributed by atoms with Crippen LogP contribution in [0.2, 0.25) is 0 Å². The standard InChI is InChI=1S/C36H33N7O7/c1-36(2)33(42(47)34(45)38-29-18-9-13-24-11-3-5-16-27(24)29)41(30-19-10-14-25-12-4-6-17-28(25)30)35(46)40(36)23-31(44)39-37-22-8-7-15-26-20-21-32(50-26)43(48)49/h3-14,16-22,33,47H,15,23H2,1-2H3,(H,38,45)(H,39,44)/b8-7+,37-22+. The maximum atomic E-state index is 14.3. The van der Waals surface area contributed by atoms with Gasteiger partial charge in [0.1, 0.15) is 17.2 Å². The molecule has 5 aromatic rings. The minimum Gasteiger partial charge on any atom is -0.406 e. The Bertz CT molecular complexity index is 2150. The van der Waals surface area contributed by atoms with Crippen LogP contribution in [0.25, 0.3) is 21.5 Å². The quantitative estimate of drug-likeness (QED) is 0.0642. The van der Waals surface area contributed by atoms with Gasteiger partial charge in [0.05, 0.1) is 23.0 Å². The van der Waals surface area contributed by atoms with E-state index in [1.54, 1.807) is 44.2 Å². The number of hydrogen-bond donors (Lipinski definition) is 3. The van der Waals surface area contributed by atoms with Crippen molar-refractivity contribution in [2.75, 3.05) is 16.8 Å². The molecular formula is C36H33N7O7. The number of amides is 5. The van der Waals surface area contributed by atoms with E-state index in [9.17, 15) is 29.7 Å². The van der Waals surface area contributed by atoms with E-state index in [1.165, 1.54) is 34.2 Å². The normalized spacial score (nSPS) is 15.7. The van der Waals surface area contributed by atoms with Gasteiger partial charge in [-0.3, -0.25) is 25.0 Å². The van der Waals surface area contributed by atoms with Gasteiger partial charge < -0.3 is 14.6 Å². The fourth-order valence-corrected chi connectivity index (χ4v) is 6.04. The van der Waals surface area contributed by atoms with Crippen molar-refractivity contribution in [1.29, 1.82) is 0 Å². The van der Waals surface area contributed by atoms with Crippen LogP contribution >= 0.6 is 0 Å². The summed E-state index contributed by atoms with van der Waals surface area (Å²) in [5, 5.41) is 32.8. The van der Waals surface area contributed by atoms with Crippen molar-refractivity contribution < 1.29 is 28.9 Å². The van der Waals surface area contributed by atoms with Crippen LogP contribution in [0.4, 0.5) is 26.8 Å². The lowest BCUT2D eigenvalue weighted by molar-refractivity contribution is -0.402. The van der Waals surface area contributed by atoms with E-state index >= 15 is 0 Å². The van der Waals surface area contributed by atoms with Crippen molar-refractivity contribution >= 4 is 63.0 Å². The first kappa shape index (κ1) is 33.4. The molecule has 1 saturated heterocycles. The lowest BCUT2D eigenvalue weighted by Crippen LogP contribution is -2.58. The topological polar surface area (TPSA) is 174 Å². The van der Waals surface area contributed by atoms with Crippen molar-refractivity contribution in [2.45, 2.75) is 32.0 Å². The van der Waals surface area contributed by atoms with Crippen LogP contribution < -0.4 is 15.6 Å². The van der Waals surface area contributed by atoms with Gasteiger partial charge in [0.15, 0.2) is 6.17 Å². The number of anilines is 2. The van der Waals surface area contributed by atoms with E-state index in [-0.39, 0.29) is 12.3 Å². The van der Waals surface area contributed by atoms with Gasteiger partial charge in [0.2, 0.25) is 0 Å². The summed E-state index contributed by atoms with van der Waals surface area (Å²) in [6.45, 7) is 2.88. The molecule has 6 rings (SSSR count). The molecule has 1 unspecified atom stereocenters. The molecule has 1 fully saturated rings. The first-order chi connectivity index (χ1) is 24.1. The maximum absolute atomic E-state index is 14.3. The Hall–Kier alpha value is -6.54. The molecule has 5 amide bonds. The first-order valence-electron chi connectivity index (χ1n) is 15.6. The second-order valence-corrected chi connectivity index (χ2v) is 12.0. The zero-order valence-electron chi connectivity index (χ0n) is 27.1. The lowest BCUT2D eigenvalue weighted by atomic mass is 9.99. The summed E-state index contributed by atoms with van der Waals surface area (Å²) in [6.07, 6.45) is 3.46. The van der Waals surface area contributed by atoms with Gasteiger partial charge >= 0.3 is 17.9 Å². The summed E-state index contributed by atoms with van der Waals surface area (Å²) in [5.41, 5.74) is 2.00. The van der Waals surface area contributed by atoms with Gasteiger partial charge in [-0.15, -0.1) is 0 Å². The number of hydrazone groups is 1. The third-order valence-corrected chi connectivity index (χ3v) is 8.44. The Morgan fingerprint density at radius 1 is 0.980 bits per heavy atom. The molecule has 1 aliphatic heterocycles. The van der Waals surface area contributed by atoms with E-state index in [2.05, 4.69) is 15.8 Å². The minimum absolute atomic E-state index is 0.265. The van der Waals surface area contributed by atoms with E-state index in [0.29, 0.717) is 27.6 Å². The molecule has 1 aliphatic rings. The van der Waals surface area contributed by atoms with Crippen LogP contribution in [-0.2, 0) is 11.2 Å². The molecule has 1 atom stereocenters. The predicted molar refractivity (Wildman–Crippen MR) is 188 cm³/mol. The Morgan fingerprint density at radius 2 is 1.64 bits per heavy atom. The van der Waals surface area contributed by atoms with Crippen molar-refractivity contribution in [3.05, 3.63) is 125 Å². The van der Waals surface area contributed by atoms with Gasteiger partial charge in [0.25, 0.3) is 5.91 Å². The molecule has 50 heavy (non-hydrogen) atoms. The molecule has 1 aromatic heterocycles. The molecule has 0 bridgehead atoms. The number of urea groups is 2. The second-order valence-electron chi connectivity index (χ2n) is 12.0. The predicted octanol–water partition coefficient (Wildman–Crippen LogP) is 6.67. The van der Waals surface area contributed by atoms with Crippen molar-refractivity contribution in [3.8, 4) is 0 Å². The summed E-state index contributed by atoms with van der Waals surface area (Å²) >= 11 is 0. The van der Waals surface area contributed by atoms with Crippen LogP contribution in [0.3, 0.4) is 0 Å². The number of rotatable bonds is 10. The van der Waals surface area contributed by atoms with E-state index in [4.69, 9.17) is 4.42 Å². The molecule has 0 saturated carbocycles. The lowest BCUT2D eigenvalue weighted by Gasteiger charge is -2.38. The smallest absolute Gasteiger partial charge is 0.406 e. The molecule has 2 heterocycles. The van der Waals surface area contributed by atoms with Gasteiger partial charge in [-0.2, -0.15) is 10.2 Å². The van der Waals surface area contributed by atoms with Crippen LogP contribution in [0.15, 0.2) is 119 Å². The molecule has 0 aliphatic carbocycles. The summed E-state index contributed by atoms with van der Waals surface area (Å²) in [4.78, 5) is 53.8. The number of benzene rings is 4. The Kier molecular flexibility index (Phi) is 9.28. The molecule has 4 aromatic carbocycles. The van der Waals surface area contributed by atoms with E-state index in [0.717, 1.165) is 16.2 Å². The number of nitrogens with zero attached hydrogens (tertiary/aromatic N) is 5. The fraction of sp³-hybridized carbons (Fsp3) is 0.167. The molecule has 14 heteroatoms. The summed E-state index contributed by atoms with van der Waals surface area (Å²) in [5.74, 6) is -0.597. The SMILES string of the molecule is CC1(C)C(N(O)C(=O)Nc2cccc3ccccc23)N(c2cccc3ccccc23)C(=O)N1CC(=O)N/N=C/C=C/Cc1ccc([N+](=O)[O-])o1. The second kappa shape index (κ2) is 13.9. The minimum atomic E-state index is -1.30. The number of carbonyl (C=O) groups excluding carboxylic acids is 3. The average molecular weight is 676 g/mol. The average Bonchev–Trinajstić information content (AvgIpc) is 3.66. The van der Waals surface area contributed by atoms with Gasteiger partial charge in [-0.05, 0) is 48.9 Å². The molecular weight excluding hydrogens is 642 g/mol. The third kappa shape index (κ3) is 6.59. The highest BCUT2D eigenvalue weighted by atomic mass is 16.6. The highest BCUT2D eigenvalue weighted by Gasteiger charge is 2.56. The van der Waals surface area contributed by atoms with Gasteiger partial charge in [0, 0.05) is 23.4 Å². The van der Waals surface area contributed by atoms with Crippen LogP contribution in [-0.4, -0.2) is 62.5 Å². The Labute approximate surface area is 286 Å². The number of allylic oxidation sites excluding steroid dienone is 2. The first-order valence-corrected chi connectivity index (χ1v) is 15.6. The van der Waals surface area contributed by atoms with E-state index in [1.807, 2.05) is 60.7 Å². The highest BCUT2D eigenvalue weighted by molar-refractivity contribution is 6.07. The van der Waals surface area contributed by atoms with Crippen molar-refractivity contribution in [1.82, 2.24) is 15.4 Å². The number of hydroxylamine groups is 2. The largest absolute Gasteiger partial charge is 0.433 e. The summed E-state index contributed by atoms with van der Waals surface area (Å²) in [7, 11) is 0. The fourth-order valence-electron chi connectivity index (χ4n) is 6.04. The van der Waals surface area contributed by atoms with Crippen molar-refractivity contribution in [3.63, 3.8) is 0 Å². The molecule has 0 spiro atoms. The zero-order valence-corrected chi connectivity index (χ0v) is 27.1. The number of furan rings is 1. The monoisotopic (exact) mass is 675 g/mol.